The maximum Gasteiger partial charge on any atom is 0.0739 e. The van der Waals surface area contributed by atoms with Gasteiger partial charge in [0.05, 0.1) is 6.54 Å². The van der Waals surface area contributed by atoms with Crippen LogP contribution in [0.25, 0.3) is 0 Å². The zero-order valence-corrected chi connectivity index (χ0v) is 11.3. The molecule has 10 heavy (non-hydrogen) atoms. The fraction of sp³-hybridized carbons (Fsp3) is 1.00. The molecule has 0 aromatic rings. The summed E-state index contributed by atoms with van der Waals surface area (Å²) in [4.78, 5) is 0. The van der Waals surface area contributed by atoms with E-state index in [0.29, 0.717) is 0 Å². The molecule has 0 fully saturated rings. The van der Waals surface area contributed by atoms with Crippen molar-refractivity contribution in [2.75, 3.05) is 6.54 Å². The van der Waals surface area contributed by atoms with Crippen molar-refractivity contribution in [3.8, 4) is 0 Å². The molecule has 0 unspecified atom stereocenters. The summed E-state index contributed by atoms with van der Waals surface area (Å²) in [6.45, 7) is 3.34. The summed E-state index contributed by atoms with van der Waals surface area (Å²) in [5.74, 6) is 0. The van der Waals surface area contributed by atoms with E-state index in [1.165, 1.54) is 25.7 Å². The van der Waals surface area contributed by atoms with E-state index in [4.69, 9.17) is 0 Å². The van der Waals surface area contributed by atoms with Crippen molar-refractivity contribution in [2.45, 2.75) is 32.6 Å². The molecule has 0 aliphatic carbocycles. The average molecular weight is 374 g/mol. The van der Waals surface area contributed by atoms with Gasteiger partial charge in [-0.15, -0.1) is 0 Å². The van der Waals surface area contributed by atoms with E-state index in [-0.39, 0.29) is 54.1 Å². The second-order valence-electron chi connectivity index (χ2n) is 1.91. The van der Waals surface area contributed by atoms with Gasteiger partial charge < -0.3 is 59.8 Å². The molecular weight excluding hydrogens is 354 g/mol. The highest BCUT2D eigenvalue weighted by atomic mass is 127. The number of rotatable bonds is 4. The van der Waals surface area contributed by atoms with Crippen LogP contribution in [0.2, 0.25) is 0 Å². The molecule has 0 atom stereocenters. The van der Waals surface area contributed by atoms with E-state index in [9.17, 15) is 0 Å². The van der Waals surface area contributed by atoms with Gasteiger partial charge in [0, 0.05) is 0 Å². The average Bonchev–Trinajstić information content (AvgIpc) is 1.69. The second-order valence-corrected chi connectivity index (χ2v) is 1.91. The largest absolute Gasteiger partial charge is 1.00 e. The van der Waals surface area contributed by atoms with Crippen LogP contribution in [0.15, 0.2) is 0 Å². The number of halogens is 2. The first-order valence-electron chi connectivity index (χ1n) is 3.21. The lowest BCUT2D eigenvalue weighted by molar-refractivity contribution is -0.368. The first-order chi connectivity index (χ1) is 3.41. The van der Waals surface area contributed by atoms with Gasteiger partial charge in [-0.2, -0.15) is 0 Å². The molecule has 68 valence electrons. The van der Waals surface area contributed by atoms with Crippen LogP contribution in [0, 0.1) is 0 Å². The molecule has 7 N–H and O–H groups in total. The van der Waals surface area contributed by atoms with Crippen LogP contribution in [0.5, 0.6) is 0 Å². The number of hydrogen-bond acceptors (Lipinski definition) is 0. The summed E-state index contributed by atoms with van der Waals surface area (Å²) in [5, 5.41) is 0. The highest BCUT2D eigenvalue weighted by molar-refractivity contribution is 4.35. The van der Waals surface area contributed by atoms with Gasteiger partial charge in [0.2, 0.25) is 0 Å². The molecule has 0 saturated carbocycles. The fourth-order valence-electron chi connectivity index (χ4n) is 0.604. The molecule has 0 aromatic carbocycles. The van der Waals surface area contributed by atoms with Crippen molar-refractivity contribution in [1.29, 1.82) is 0 Å². The third-order valence-corrected chi connectivity index (χ3v) is 1.10. The van der Waals surface area contributed by atoms with Gasteiger partial charge in [0.1, 0.15) is 0 Å². The van der Waals surface area contributed by atoms with Crippen molar-refractivity contribution in [1.82, 2.24) is 6.15 Å². The standard InChI is InChI=1S/C6H15N.2HI.H3N/c1-2-3-4-5-6-7;;;/h2-7H2,1H3;2*1H;1H3. The van der Waals surface area contributed by atoms with E-state index in [1.54, 1.807) is 0 Å². The zero-order valence-electron chi connectivity index (χ0n) is 7.00. The molecular formula is C6H20I2N2. The molecule has 0 spiro atoms. The van der Waals surface area contributed by atoms with Crippen LogP contribution in [0.1, 0.15) is 32.6 Å². The van der Waals surface area contributed by atoms with Gasteiger partial charge in [-0.05, 0) is 12.8 Å². The Morgan fingerprint density at radius 1 is 1.00 bits per heavy atom. The summed E-state index contributed by atoms with van der Waals surface area (Å²) in [5.41, 5.74) is 3.76. The quantitative estimate of drug-likeness (QED) is 0.367. The van der Waals surface area contributed by atoms with Crippen LogP contribution in [-0.2, 0) is 0 Å². The van der Waals surface area contributed by atoms with Crippen molar-refractivity contribution >= 4 is 0 Å². The lowest BCUT2D eigenvalue weighted by Gasteiger charge is -1.89. The SMILES string of the molecule is CCCCCC[NH3+].[I-].[I-].[NH4+]. The van der Waals surface area contributed by atoms with E-state index in [0.717, 1.165) is 6.54 Å². The van der Waals surface area contributed by atoms with Gasteiger partial charge >= 0.3 is 0 Å². The first-order valence-corrected chi connectivity index (χ1v) is 3.21. The topological polar surface area (TPSA) is 64.1 Å². The van der Waals surface area contributed by atoms with Crippen LogP contribution < -0.4 is 59.8 Å². The molecule has 0 radical (unpaired) electrons. The van der Waals surface area contributed by atoms with E-state index in [2.05, 4.69) is 12.7 Å². The highest BCUT2D eigenvalue weighted by Gasteiger charge is 1.82. The predicted octanol–water partition coefficient (Wildman–Crippen LogP) is -4.81. The maximum atomic E-state index is 3.76. The van der Waals surface area contributed by atoms with Gasteiger partial charge in [-0.1, -0.05) is 19.8 Å². The molecule has 0 bridgehead atoms. The zero-order chi connectivity index (χ0) is 5.54. The third-order valence-electron chi connectivity index (χ3n) is 1.10. The molecule has 0 aliphatic heterocycles. The van der Waals surface area contributed by atoms with Gasteiger partial charge in [-0.3, -0.25) is 0 Å². The van der Waals surface area contributed by atoms with Crippen molar-refractivity contribution in [3.63, 3.8) is 0 Å². The maximum absolute atomic E-state index is 3.76. The Balaban J connectivity index is -0.0000000600. The van der Waals surface area contributed by atoms with Crippen molar-refractivity contribution in [3.05, 3.63) is 0 Å². The monoisotopic (exact) mass is 374 g/mol. The van der Waals surface area contributed by atoms with Crippen LogP contribution in [0.3, 0.4) is 0 Å². The summed E-state index contributed by atoms with van der Waals surface area (Å²) >= 11 is 0. The minimum Gasteiger partial charge on any atom is -1.00 e. The number of hydrogen-bond donors (Lipinski definition) is 2. The summed E-state index contributed by atoms with van der Waals surface area (Å²) in [7, 11) is 0. The van der Waals surface area contributed by atoms with E-state index >= 15 is 0 Å². The van der Waals surface area contributed by atoms with Gasteiger partial charge in [0.15, 0.2) is 0 Å². The molecule has 0 aliphatic rings. The smallest absolute Gasteiger partial charge is 0.0739 e. The molecule has 0 amide bonds. The minimum atomic E-state index is 0. The van der Waals surface area contributed by atoms with Crippen molar-refractivity contribution < 1.29 is 53.7 Å². The first kappa shape index (κ1) is 22.5. The molecule has 0 aromatic heterocycles. The van der Waals surface area contributed by atoms with Crippen LogP contribution >= 0.6 is 0 Å². The molecule has 0 rings (SSSR count). The Morgan fingerprint density at radius 2 is 1.50 bits per heavy atom. The highest BCUT2D eigenvalue weighted by Crippen LogP contribution is 1.94. The fourth-order valence-corrected chi connectivity index (χ4v) is 0.604. The van der Waals surface area contributed by atoms with Crippen LogP contribution in [-0.4, -0.2) is 6.54 Å². The van der Waals surface area contributed by atoms with Gasteiger partial charge in [0.25, 0.3) is 0 Å². The minimum absolute atomic E-state index is 0. The number of unbranched alkanes of at least 4 members (excludes halogenated alkanes) is 3. The third kappa shape index (κ3) is 22.8. The van der Waals surface area contributed by atoms with Gasteiger partial charge in [-0.25, -0.2) is 0 Å². The lowest BCUT2D eigenvalue weighted by Crippen LogP contribution is -3.00. The van der Waals surface area contributed by atoms with Crippen LogP contribution in [0.4, 0.5) is 0 Å². The Hall–Kier alpha value is 1.38. The molecule has 0 saturated heterocycles. The normalized spacial score (nSPS) is 6.60. The summed E-state index contributed by atoms with van der Waals surface area (Å²) in [6.07, 6.45) is 5.41. The Kier molecular flexibility index (Phi) is 50.5. The van der Waals surface area contributed by atoms with E-state index < -0.39 is 0 Å². The van der Waals surface area contributed by atoms with Crippen molar-refractivity contribution in [2.24, 2.45) is 0 Å². The molecule has 0 heterocycles. The molecule has 4 heteroatoms. The lowest BCUT2D eigenvalue weighted by atomic mass is 10.2. The Labute approximate surface area is 98.3 Å². The van der Waals surface area contributed by atoms with E-state index in [1.807, 2.05) is 0 Å². The molecule has 2 nitrogen and oxygen atoms in total. The second kappa shape index (κ2) is 22.4. The summed E-state index contributed by atoms with van der Waals surface area (Å²) in [6, 6.07) is 0. The Bertz CT molecular complexity index is 32.9. The predicted molar refractivity (Wildman–Crippen MR) is 37.9 cm³/mol. The Morgan fingerprint density at radius 3 is 1.80 bits per heavy atom. The summed E-state index contributed by atoms with van der Waals surface area (Å²) < 4.78 is 0. The number of quaternary nitrogens is 2.